The van der Waals surface area contributed by atoms with Gasteiger partial charge in [0.05, 0.1) is 5.56 Å². The molecule has 7 nitrogen and oxygen atoms in total. The lowest BCUT2D eigenvalue weighted by Crippen LogP contribution is -2.25. The highest BCUT2D eigenvalue weighted by Crippen LogP contribution is 2.41. The number of hydrogen-bond donors (Lipinski definition) is 2. The highest BCUT2D eigenvalue weighted by atomic mass is 31.2. The van der Waals surface area contributed by atoms with Gasteiger partial charge in [0.15, 0.2) is 6.29 Å². The summed E-state index contributed by atoms with van der Waals surface area (Å²) in [4.78, 5) is 29.6. The van der Waals surface area contributed by atoms with Gasteiger partial charge in [0.1, 0.15) is 18.9 Å². The van der Waals surface area contributed by atoms with E-state index in [4.69, 9.17) is 19.3 Å². The predicted molar refractivity (Wildman–Crippen MR) is 93.5 cm³/mol. The van der Waals surface area contributed by atoms with Gasteiger partial charge in [-0.3, -0.25) is 4.52 Å². The van der Waals surface area contributed by atoms with Crippen LogP contribution in [0.4, 0.5) is 4.39 Å². The first-order valence-corrected chi connectivity index (χ1v) is 9.71. The minimum Gasteiger partial charge on any atom is -0.459 e. The van der Waals surface area contributed by atoms with Crippen molar-refractivity contribution in [2.75, 3.05) is 6.61 Å². The third kappa shape index (κ3) is 5.45. The highest BCUT2D eigenvalue weighted by molar-refractivity contribution is 7.46. The molecule has 0 radical (unpaired) electrons. The number of carbonyl (C=O) groups is 1. The van der Waals surface area contributed by atoms with Gasteiger partial charge < -0.3 is 19.3 Å². The molecule has 2 aromatic carbocycles. The van der Waals surface area contributed by atoms with Gasteiger partial charge in [-0.1, -0.05) is 42.5 Å². The monoisotopic (exact) mass is 396 g/mol. The molecule has 0 aliphatic carbocycles. The minimum atomic E-state index is -4.78. The van der Waals surface area contributed by atoms with Crippen LogP contribution in [-0.4, -0.2) is 40.9 Å². The van der Waals surface area contributed by atoms with Gasteiger partial charge in [0.2, 0.25) is 0 Å². The Balaban J connectivity index is 1.54. The first-order chi connectivity index (χ1) is 12.8. The van der Waals surface area contributed by atoms with E-state index in [9.17, 15) is 13.8 Å². The number of benzene rings is 2. The van der Waals surface area contributed by atoms with E-state index in [1.54, 1.807) is 24.3 Å². The standard InChI is InChI=1S/C18H18FO7P/c19-15-10-17(26-27(21,22)23)25-16(15)11-24-18(20)14-8-6-13(7-9-14)12-4-2-1-3-5-12/h1-9,15-17H,10-11H2,(H2,21,22,23). The van der Waals surface area contributed by atoms with Crippen molar-refractivity contribution in [3.05, 3.63) is 60.2 Å². The van der Waals surface area contributed by atoms with Gasteiger partial charge in [0, 0.05) is 6.42 Å². The Labute approximate surface area is 154 Å². The molecule has 3 rings (SSSR count). The van der Waals surface area contributed by atoms with Crippen LogP contribution in [0.5, 0.6) is 0 Å². The second kappa shape index (κ2) is 8.29. The van der Waals surface area contributed by atoms with Crippen LogP contribution in [0.2, 0.25) is 0 Å². The molecule has 2 N–H and O–H groups in total. The molecule has 1 heterocycles. The first kappa shape index (κ1) is 19.7. The fourth-order valence-electron chi connectivity index (χ4n) is 2.71. The molecule has 1 aliphatic heterocycles. The molecule has 144 valence electrons. The Morgan fingerprint density at radius 1 is 1.11 bits per heavy atom. The number of alkyl halides is 1. The maximum Gasteiger partial charge on any atom is 0.471 e. The summed E-state index contributed by atoms with van der Waals surface area (Å²) in [5, 5.41) is 0. The number of halogens is 1. The normalized spacial score (nSPS) is 22.6. The van der Waals surface area contributed by atoms with E-state index in [1.165, 1.54) is 0 Å². The predicted octanol–water partition coefficient (Wildman–Crippen LogP) is 3.07. The van der Waals surface area contributed by atoms with Crippen LogP contribution >= 0.6 is 7.82 Å². The molecular weight excluding hydrogens is 378 g/mol. The fourth-order valence-corrected chi connectivity index (χ4v) is 3.15. The molecule has 9 heteroatoms. The van der Waals surface area contributed by atoms with Crippen molar-refractivity contribution in [2.24, 2.45) is 0 Å². The van der Waals surface area contributed by atoms with Gasteiger partial charge in [-0.05, 0) is 23.3 Å². The van der Waals surface area contributed by atoms with E-state index in [0.717, 1.165) is 11.1 Å². The molecule has 0 bridgehead atoms. The zero-order valence-electron chi connectivity index (χ0n) is 14.1. The SMILES string of the molecule is O=C(OCC1OC(OP(=O)(O)O)CC1F)c1ccc(-c2ccccc2)cc1. The smallest absolute Gasteiger partial charge is 0.459 e. The number of hydrogen-bond acceptors (Lipinski definition) is 5. The largest absolute Gasteiger partial charge is 0.471 e. The molecule has 0 saturated carbocycles. The maximum absolute atomic E-state index is 13.9. The third-order valence-corrected chi connectivity index (χ3v) is 4.52. The van der Waals surface area contributed by atoms with Gasteiger partial charge in [-0.25, -0.2) is 13.8 Å². The zero-order valence-corrected chi connectivity index (χ0v) is 15.0. The van der Waals surface area contributed by atoms with E-state index in [1.807, 2.05) is 30.3 Å². The van der Waals surface area contributed by atoms with Crippen molar-refractivity contribution in [3.8, 4) is 11.1 Å². The average molecular weight is 396 g/mol. The highest BCUT2D eigenvalue weighted by Gasteiger charge is 2.40. The van der Waals surface area contributed by atoms with Crippen LogP contribution in [0.25, 0.3) is 11.1 Å². The molecule has 1 fully saturated rings. The zero-order chi connectivity index (χ0) is 19.4. The molecule has 0 aromatic heterocycles. The lowest BCUT2D eigenvalue weighted by molar-refractivity contribution is -0.101. The van der Waals surface area contributed by atoms with Gasteiger partial charge in [0.25, 0.3) is 0 Å². The number of rotatable bonds is 6. The Kier molecular flexibility index (Phi) is 6.04. The Bertz CT molecular complexity index is 821. The van der Waals surface area contributed by atoms with Crippen molar-refractivity contribution >= 4 is 13.8 Å². The number of ether oxygens (including phenoxy) is 2. The van der Waals surface area contributed by atoms with Crippen LogP contribution in [0.15, 0.2) is 54.6 Å². The maximum atomic E-state index is 13.9. The summed E-state index contributed by atoms with van der Waals surface area (Å²) in [6.07, 6.45) is -4.43. The van der Waals surface area contributed by atoms with E-state index in [0.29, 0.717) is 5.56 Å². The van der Waals surface area contributed by atoms with Crippen molar-refractivity contribution < 1.29 is 37.5 Å². The second-order valence-corrected chi connectivity index (χ2v) is 7.19. The molecule has 1 saturated heterocycles. The quantitative estimate of drug-likeness (QED) is 0.571. The summed E-state index contributed by atoms with van der Waals surface area (Å²) < 4.78 is 39.0. The molecular formula is C18H18FO7P. The Morgan fingerprint density at radius 2 is 1.74 bits per heavy atom. The van der Waals surface area contributed by atoms with Crippen molar-refractivity contribution in [3.63, 3.8) is 0 Å². The second-order valence-electron chi connectivity index (χ2n) is 5.99. The Morgan fingerprint density at radius 3 is 2.37 bits per heavy atom. The van der Waals surface area contributed by atoms with Crippen LogP contribution in [0.1, 0.15) is 16.8 Å². The summed E-state index contributed by atoms with van der Waals surface area (Å²) in [6, 6.07) is 16.4. The molecule has 3 unspecified atom stereocenters. The molecule has 0 amide bonds. The van der Waals surface area contributed by atoms with Crippen LogP contribution in [0.3, 0.4) is 0 Å². The number of esters is 1. The summed E-state index contributed by atoms with van der Waals surface area (Å²) in [7, 11) is -4.78. The van der Waals surface area contributed by atoms with E-state index >= 15 is 0 Å². The summed E-state index contributed by atoms with van der Waals surface area (Å²) in [5.41, 5.74) is 2.24. The van der Waals surface area contributed by atoms with Crippen LogP contribution in [-0.2, 0) is 18.6 Å². The topological polar surface area (TPSA) is 102 Å². The Hall–Kier alpha value is -2.09. The summed E-state index contributed by atoms with van der Waals surface area (Å²) in [6.45, 7) is -0.387. The fraction of sp³-hybridized carbons (Fsp3) is 0.278. The lowest BCUT2D eigenvalue weighted by atomic mass is 10.0. The number of phosphoric ester groups is 1. The molecule has 27 heavy (non-hydrogen) atoms. The van der Waals surface area contributed by atoms with Crippen LogP contribution in [0, 0.1) is 0 Å². The van der Waals surface area contributed by atoms with Crippen molar-refractivity contribution in [1.29, 1.82) is 0 Å². The average Bonchev–Trinajstić information content (AvgIpc) is 2.98. The molecule has 2 aromatic rings. The summed E-state index contributed by atoms with van der Waals surface area (Å²) in [5.74, 6) is -0.648. The van der Waals surface area contributed by atoms with Crippen molar-refractivity contribution in [2.45, 2.75) is 25.0 Å². The molecule has 0 spiro atoms. The molecule has 3 atom stereocenters. The van der Waals surface area contributed by atoms with E-state index in [-0.39, 0.29) is 13.0 Å². The molecule has 1 aliphatic rings. The minimum absolute atomic E-state index is 0.297. The van der Waals surface area contributed by atoms with Gasteiger partial charge in [-0.15, -0.1) is 0 Å². The van der Waals surface area contributed by atoms with Crippen molar-refractivity contribution in [1.82, 2.24) is 0 Å². The van der Waals surface area contributed by atoms with Crippen LogP contribution < -0.4 is 0 Å². The first-order valence-electron chi connectivity index (χ1n) is 8.18. The summed E-state index contributed by atoms with van der Waals surface area (Å²) >= 11 is 0. The van der Waals surface area contributed by atoms with E-state index < -0.39 is 32.4 Å². The van der Waals surface area contributed by atoms with E-state index in [2.05, 4.69) is 4.52 Å². The van der Waals surface area contributed by atoms with Gasteiger partial charge in [-0.2, -0.15) is 0 Å². The number of carbonyl (C=O) groups excluding carboxylic acids is 1. The third-order valence-electron chi connectivity index (χ3n) is 4.01. The number of phosphoric acid groups is 1. The van der Waals surface area contributed by atoms with Gasteiger partial charge >= 0.3 is 13.8 Å². The lowest BCUT2D eigenvalue weighted by Gasteiger charge is -2.15.